The van der Waals surface area contributed by atoms with Crippen LogP contribution in [0.4, 0.5) is 0 Å². The van der Waals surface area contributed by atoms with Gasteiger partial charge in [0.2, 0.25) is 5.89 Å². The van der Waals surface area contributed by atoms with Crippen molar-refractivity contribution in [3.8, 4) is 0 Å². The lowest BCUT2D eigenvalue weighted by atomic mass is 10.0. The average molecular weight is 306 g/mol. The molecule has 1 saturated heterocycles. The van der Waals surface area contributed by atoms with Crippen LogP contribution in [0.2, 0.25) is 0 Å². The molecule has 1 aromatic heterocycles. The van der Waals surface area contributed by atoms with Crippen molar-refractivity contribution < 1.29 is 4.52 Å². The van der Waals surface area contributed by atoms with E-state index in [0.29, 0.717) is 12.0 Å². The van der Waals surface area contributed by atoms with Crippen LogP contribution in [0.3, 0.4) is 0 Å². The van der Waals surface area contributed by atoms with E-state index in [1.54, 1.807) is 0 Å². The molecule has 0 radical (unpaired) electrons. The van der Waals surface area contributed by atoms with Gasteiger partial charge in [-0.1, -0.05) is 31.8 Å². The lowest BCUT2D eigenvalue weighted by molar-refractivity contribution is 0.179. The fourth-order valence-electron chi connectivity index (χ4n) is 3.75. The fourth-order valence-corrected chi connectivity index (χ4v) is 3.75. The molecule has 2 aliphatic rings. The number of hydrogen-bond donors (Lipinski definition) is 1. The molecule has 0 atom stereocenters. The lowest BCUT2D eigenvalue weighted by Crippen LogP contribution is -2.43. The van der Waals surface area contributed by atoms with Gasteiger partial charge in [-0.05, 0) is 44.7 Å². The van der Waals surface area contributed by atoms with Crippen LogP contribution in [-0.2, 0) is 6.54 Å². The Bertz CT molecular complexity index is 445. The molecular weight excluding hydrogens is 276 g/mol. The Labute approximate surface area is 133 Å². The van der Waals surface area contributed by atoms with E-state index in [1.165, 1.54) is 58.2 Å². The van der Waals surface area contributed by atoms with Crippen molar-refractivity contribution in [3.63, 3.8) is 0 Å². The molecule has 3 rings (SSSR count). The maximum absolute atomic E-state index is 5.44. The molecule has 1 aromatic rings. The van der Waals surface area contributed by atoms with Crippen molar-refractivity contribution in [1.82, 2.24) is 20.4 Å². The van der Waals surface area contributed by atoms with Crippen LogP contribution >= 0.6 is 0 Å². The first kappa shape index (κ1) is 15.9. The Kier molecular flexibility index (Phi) is 5.47. The van der Waals surface area contributed by atoms with Crippen molar-refractivity contribution in [3.05, 3.63) is 11.7 Å². The number of nitrogens with zero attached hydrogens (tertiary/aromatic N) is 3. The summed E-state index contributed by atoms with van der Waals surface area (Å²) in [6.07, 6.45) is 7.47. The lowest BCUT2D eigenvalue weighted by Gasteiger charge is -2.33. The summed E-state index contributed by atoms with van der Waals surface area (Å²) in [6, 6.07) is 0.594. The van der Waals surface area contributed by atoms with E-state index in [-0.39, 0.29) is 0 Å². The minimum atomic E-state index is 0.514. The maximum Gasteiger partial charge on any atom is 0.229 e. The zero-order valence-corrected chi connectivity index (χ0v) is 14.1. The van der Waals surface area contributed by atoms with Crippen LogP contribution in [0.5, 0.6) is 0 Å². The molecule has 0 spiro atoms. The van der Waals surface area contributed by atoms with Gasteiger partial charge in [-0.3, -0.25) is 0 Å². The highest BCUT2D eigenvalue weighted by Gasteiger charge is 2.23. The molecule has 0 aromatic carbocycles. The van der Waals surface area contributed by atoms with Gasteiger partial charge in [-0.15, -0.1) is 0 Å². The summed E-state index contributed by atoms with van der Waals surface area (Å²) >= 11 is 0. The molecule has 124 valence electrons. The molecule has 0 bridgehead atoms. The van der Waals surface area contributed by atoms with Gasteiger partial charge in [0.15, 0.2) is 5.82 Å². The van der Waals surface area contributed by atoms with Gasteiger partial charge >= 0.3 is 0 Å². The summed E-state index contributed by atoms with van der Waals surface area (Å²) < 4.78 is 5.44. The van der Waals surface area contributed by atoms with Crippen molar-refractivity contribution in [2.24, 2.45) is 5.92 Å². The molecule has 0 unspecified atom stereocenters. The number of likely N-dealkylation sites (tertiary alicyclic amines) is 1. The SMILES string of the molecule is CC(C)CN1CCC(NCc2noc(C3CCCC3)n2)CC1. The topological polar surface area (TPSA) is 54.2 Å². The second-order valence-corrected chi connectivity index (χ2v) is 7.38. The summed E-state index contributed by atoms with van der Waals surface area (Å²) in [4.78, 5) is 7.16. The van der Waals surface area contributed by atoms with E-state index >= 15 is 0 Å². The van der Waals surface area contributed by atoms with Crippen molar-refractivity contribution in [1.29, 1.82) is 0 Å². The first-order valence-electron chi connectivity index (χ1n) is 8.99. The molecule has 1 saturated carbocycles. The third kappa shape index (κ3) is 4.29. The van der Waals surface area contributed by atoms with E-state index in [9.17, 15) is 0 Å². The largest absolute Gasteiger partial charge is 0.339 e. The minimum Gasteiger partial charge on any atom is -0.339 e. The van der Waals surface area contributed by atoms with Crippen LogP contribution < -0.4 is 5.32 Å². The summed E-state index contributed by atoms with van der Waals surface area (Å²) in [5, 5.41) is 7.74. The molecule has 5 heteroatoms. The molecule has 1 aliphatic carbocycles. The van der Waals surface area contributed by atoms with Crippen LogP contribution in [0.25, 0.3) is 0 Å². The Balaban J connectivity index is 1.40. The Morgan fingerprint density at radius 2 is 1.91 bits per heavy atom. The third-order valence-corrected chi connectivity index (χ3v) is 4.95. The predicted octanol–water partition coefficient (Wildman–Crippen LogP) is 2.94. The van der Waals surface area contributed by atoms with Crippen LogP contribution in [0, 0.1) is 5.92 Å². The number of rotatable bonds is 6. The van der Waals surface area contributed by atoms with Gasteiger partial charge < -0.3 is 14.7 Å². The molecule has 22 heavy (non-hydrogen) atoms. The second kappa shape index (κ2) is 7.55. The van der Waals surface area contributed by atoms with Gasteiger partial charge in [-0.2, -0.15) is 4.98 Å². The molecular formula is C17H30N4O. The smallest absolute Gasteiger partial charge is 0.229 e. The van der Waals surface area contributed by atoms with Gasteiger partial charge in [0.1, 0.15) is 0 Å². The predicted molar refractivity (Wildman–Crippen MR) is 86.6 cm³/mol. The third-order valence-electron chi connectivity index (χ3n) is 4.95. The van der Waals surface area contributed by atoms with Crippen LogP contribution in [0.15, 0.2) is 4.52 Å². The van der Waals surface area contributed by atoms with E-state index in [4.69, 9.17) is 4.52 Å². The first-order valence-corrected chi connectivity index (χ1v) is 8.99. The van der Waals surface area contributed by atoms with Gasteiger partial charge in [0.25, 0.3) is 0 Å². The summed E-state index contributed by atoms with van der Waals surface area (Å²) in [5.74, 6) is 2.96. The molecule has 2 heterocycles. The highest BCUT2D eigenvalue weighted by atomic mass is 16.5. The molecule has 5 nitrogen and oxygen atoms in total. The normalized spacial score (nSPS) is 22.0. The second-order valence-electron chi connectivity index (χ2n) is 7.38. The molecule has 2 fully saturated rings. The quantitative estimate of drug-likeness (QED) is 0.875. The van der Waals surface area contributed by atoms with Gasteiger partial charge in [0.05, 0.1) is 6.54 Å². The summed E-state index contributed by atoms with van der Waals surface area (Å²) in [7, 11) is 0. The van der Waals surface area contributed by atoms with E-state index in [0.717, 1.165) is 24.2 Å². The van der Waals surface area contributed by atoms with Crippen molar-refractivity contribution >= 4 is 0 Å². The Hall–Kier alpha value is -0.940. The number of hydrogen-bond acceptors (Lipinski definition) is 5. The highest BCUT2D eigenvalue weighted by molar-refractivity contribution is 4.96. The number of aromatic nitrogens is 2. The first-order chi connectivity index (χ1) is 10.7. The summed E-state index contributed by atoms with van der Waals surface area (Å²) in [5.41, 5.74) is 0. The number of nitrogens with one attached hydrogen (secondary N) is 1. The zero-order valence-electron chi connectivity index (χ0n) is 14.1. The van der Waals surface area contributed by atoms with Crippen molar-refractivity contribution in [2.45, 2.75) is 70.9 Å². The van der Waals surface area contributed by atoms with E-state index in [2.05, 4.69) is 34.2 Å². The van der Waals surface area contributed by atoms with Gasteiger partial charge in [0, 0.05) is 18.5 Å². The Morgan fingerprint density at radius 1 is 1.18 bits per heavy atom. The van der Waals surface area contributed by atoms with Gasteiger partial charge in [-0.25, -0.2) is 0 Å². The monoisotopic (exact) mass is 306 g/mol. The average Bonchev–Trinajstić information content (AvgIpc) is 3.17. The fraction of sp³-hybridized carbons (Fsp3) is 0.882. The highest BCUT2D eigenvalue weighted by Crippen LogP contribution is 2.32. The Morgan fingerprint density at radius 3 is 2.59 bits per heavy atom. The van der Waals surface area contributed by atoms with Crippen molar-refractivity contribution in [2.75, 3.05) is 19.6 Å². The van der Waals surface area contributed by atoms with Crippen LogP contribution in [-0.4, -0.2) is 40.7 Å². The minimum absolute atomic E-state index is 0.514. The zero-order chi connectivity index (χ0) is 15.4. The van der Waals surface area contributed by atoms with Crippen LogP contribution in [0.1, 0.15) is 70.0 Å². The molecule has 0 amide bonds. The molecule has 1 aliphatic heterocycles. The maximum atomic E-state index is 5.44. The standard InChI is InChI=1S/C17H30N4O/c1-13(2)12-21-9-7-15(8-10-21)18-11-16-19-17(22-20-16)14-5-3-4-6-14/h13-15,18H,3-12H2,1-2H3. The molecule has 1 N–H and O–H groups in total. The van der Waals surface area contributed by atoms with E-state index < -0.39 is 0 Å². The number of piperidine rings is 1. The summed E-state index contributed by atoms with van der Waals surface area (Å²) in [6.45, 7) is 8.96. The van der Waals surface area contributed by atoms with E-state index in [1.807, 2.05) is 0 Å².